The monoisotopic (exact) mass is 306 g/mol. The molecule has 0 fully saturated rings. The SMILES string of the molecule is Nc1nc2ncc3c(c2c(=O)[nH]1)C[C@@H](c1ccccc1)CC3=O. The Morgan fingerprint density at radius 2 is 1.91 bits per heavy atom. The fourth-order valence-electron chi connectivity index (χ4n) is 3.25. The van der Waals surface area contributed by atoms with Crippen molar-refractivity contribution < 1.29 is 4.79 Å². The van der Waals surface area contributed by atoms with Gasteiger partial charge >= 0.3 is 0 Å². The molecule has 23 heavy (non-hydrogen) atoms. The van der Waals surface area contributed by atoms with Crippen LogP contribution in [-0.2, 0) is 6.42 Å². The average molecular weight is 306 g/mol. The molecule has 0 saturated carbocycles. The normalized spacial score (nSPS) is 17.2. The van der Waals surface area contributed by atoms with Crippen LogP contribution in [0.15, 0.2) is 41.3 Å². The van der Waals surface area contributed by atoms with Crippen molar-refractivity contribution in [2.75, 3.05) is 5.73 Å². The third-order valence-electron chi connectivity index (χ3n) is 4.32. The van der Waals surface area contributed by atoms with Gasteiger partial charge in [0, 0.05) is 18.2 Å². The van der Waals surface area contributed by atoms with E-state index in [0.29, 0.717) is 29.4 Å². The van der Waals surface area contributed by atoms with E-state index in [2.05, 4.69) is 15.0 Å². The minimum Gasteiger partial charge on any atom is -0.369 e. The summed E-state index contributed by atoms with van der Waals surface area (Å²) in [7, 11) is 0. The summed E-state index contributed by atoms with van der Waals surface area (Å²) in [4.78, 5) is 35.5. The van der Waals surface area contributed by atoms with Gasteiger partial charge in [-0.1, -0.05) is 30.3 Å². The van der Waals surface area contributed by atoms with Gasteiger partial charge < -0.3 is 5.73 Å². The third-order valence-corrected chi connectivity index (χ3v) is 4.32. The summed E-state index contributed by atoms with van der Waals surface area (Å²) in [5.74, 6) is 0.0844. The van der Waals surface area contributed by atoms with Crippen LogP contribution >= 0.6 is 0 Å². The van der Waals surface area contributed by atoms with Crippen molar-refractivity contribution in [3.8, 4) is 0 Å². The Hall–Kier alpha value is -3.02. The number of pyridine rings is 1. The van der Waals surface area contributed by atoms with E-state index in [-0.39, 0.29) is 28.9 Å². The van der Waals surface area contributed by atoms with E-state index in [4.69, 9.17) is 5.73 Å². The van der Waals surface area contributed by atoms with Crippen molar-refractivity contribution in [1.82, 2.24) is 15.0 Å². The Morgan fingerprint density at radius 1 is 1.13 bits per heavy atom. The molecule has 2 aromatic heterocycles. The highest BCUT2D eigenvalue weighted by Gasteiger charge is 2.29. The maximum atomic E-state index is 12.5. The predicted octanol–water partition coefficient (Wildman–Crippen LogP) is 1.81. The first-order valence-corrected chi connectivity index (χ1v) is 7.39. The van der Waals surface area contributed by atoms with Crippen LogP contribution in [0.5, 0.6) is 0 Å². The smallest absolute Gasteiger partial charge is 0.262 e. The van der Waals surface area contributed by atoms with Gasteiger partial charge in [0.25, 0.3) is 5.56 Å². The summed E-state index contributed by atoms with van der Waals surface area (Å²) >= 11 is 0. The zero-order valence-corrected chi connectivity index (χ0v) is 12.2. The molecule has 1 aromatic carbocycles. The number of nitrogen functional groups attached to an aromatic ring is 1. The van der Waals surface area contributed by atoms with E-state index in [1.807, 2.05) is 30.3 Å². The number of H-pyrrole nitrogens is 1. The molecule has 3 aromatic rings. The first-order valence-electron chi connectivity index (χ1n) is 7.39. The molecular weight excluding hydrogens is 292 g/mol. The number of carbonyl (C=O) groups excluding carboxylic acids is 1. The second kappa shape index (κ2) is 5.01. The Morgan fingerprint density at radius 3 is 2.70 bits per heavy atom. The Bertz CT molecular complexity index is 979. The quantitative estimate of drug-likeness (QED) is 0.714. The summed E-state index contributed by atoms with van der Waals surface area (Å²) in [5.41, 5.74) is 7.83. The molecule has 0 radical (unpaired) electrons. The van der Waals surface area contributed by atoms with Gasteiger partial charge in [-0.2, -0.15) is 4.98 Å². The molecular formula is C17H14N4O2. The first-order chi connectivity index (χ1) is 11.1. The highest BCUT2D eigenvalue weighted by molar-refractivity contribution is 6.02. The van der Waals surface area contributed by atoms with Gasteiger partial charge in [0.1, 0.15) is 0 Å². The molecule has 6 nitrogen and oxygen atoms in total. The van der Waals surface area contributed by atoms with Crippen molar-refractivity contribution >= 4 is 22.8 Å². The van der Waals surface area contributed by atoms with Crippen LogP contribution in [0, 0.1) is 0 Å². The molecule has 0 amide bonds. The van der Waals surface area contributed by atoms with Gasteiger partial charge in [-0.05, 0) is 23.5 Å². The standard InChI is InChI=1S/C17H14N4O2/c18-17-20-15-14(16(23)21-17)11-6-10(9-4-2-1-3-5-9)7-13(22)12(11)8-19-15/h1-5,8,10H,6-7H2,(H3,18,19,20,21,23)/t10-/m1/s1. The van der Waals surface area contributed by atoms with Crippen LogP contribution in [0.4, 0.5) is 5.95 Å². The van der Waals surface area contributed by atoms with Crippen LogP contribution in [0.2, 0.25) is 0 Å². The first kappa shape index (κ1) is 13.6. The number of nitrogens with zero attached hydrogens (tertiary/aromatic N) is 2. The molecule has 4 rings (SSSR count). The second-order valence-corrected chi connectivity index (χ2v) is 5.74. The van der Waals surface area contributed by atoms with Gasteiger partial charge in [-0.3, -0.25) is 14.6 Å². The lowest BCUT2D eigenvalue weighted by atomic mass is 9.79. The minimum atomic E-state index is -0.349. The molecule has 0 bridgehead atoms. The third kappa shape index (κ3) is 2.19. The highest BCUT2D eigenvalue weighted by atomic mass is 16.1. The second-order valence-electron chi connectivity index (χ2n) is 5.74. The van der Waals surface area contributed by atoms with E-state index < -0.39 is 0 Å². The maximum absolute atomic E-state index is 12.5. The number of aromatic amines is 1. The van der Waals surface area contributed by atoms with Crippen molar-refractivity contribution in [3.05, 3.63) is 63.6 Å². The Labute approximate surface area is 131 Å². The molecule has 114 valence electrons. The van der Waals surface area contributed by atoms with E-state index in [0.717, 1.165) is 5.56 Å². The lowest BCUT2D eigenvalue weighted by molar-refractivity contribution is 0.0964. The van der Waals surface area contributed by atoms with E-state index in [9.17, 15) is 9.59 Å². The van der Waals surface area contributed by atoms with Gasteiger partial charge in [0.2, 0.25) is 5.95 Å². The van der Waals surface area contributed by atoms with Crippen LogP contribution in [0.25, 0.3) is 11.0 Å². The van der Waals surface area contributed by atoms with Crippen molar-refractivity contribution in [1.29, 1.82) is 0 Å². The maximum Gasteiger partial charge on any atom is 0.262 e. The predicted molar refractivity (Wildman–Crippen MR) is 86.4 cm³/mol. The number of aromatic nitrogens is 3. The van der Waals surface area contributed by atoms with Crippen molar-refractivity contribution in [2.45, 2.75) is 18.8 Å². The topological polar surface area (TPSA) is 102 Å². The van der Waals surface area contributed by atoms with E-state index in [1.165, 1.54) is 6.20 Å². The summed E-state index contributed by atoms with van der Waals surface area (Å²) in [6.45, 7) is 0. The fourth-order valence-corrected chi connectivity index (χ4v) is 3.25. The number of Topliss-reactive ketones (excluding diaryl/α,β-unsaturated/α-hetero) is 1. The molecule has 1 aliphatic carbocycles. The summed E-state index contributed by atoms with van der Waals surface area (Å²) in [6.07, 6.45) is 2.54. The number of hydrogen-bond donors (Lipinski definition) is 2. The van der Waals surface area contributed by atoms with E-state index in [1.54, 1.807) is 0 Å². The number of nitrogens with two attached hydrogens (primary N) is 1. The zero-order valence-electron chi connectivity index (χ0n) is 12.2. The lowest BCUT2D eigenvalue weighted by Gasteiger charge is -2.24. The van der Waals surface area contributed by atoms with E-state index >= 15 is 0 Å². The van der Waals surface area contributed by atoms with Crippen LogP contribution in [0.3, 0.4) is 0 Å². The number of ketones is 1. The van der Waals surface area contributed by atoms with Gasteiger partial charge in [-0.25, -0.2) is 4.98 Å². The minimum absolute atomic E-state index is 0.00530. The van der Waals surface area contributed by atoms with Gasteiger partial charge in [0.15, 0.2) is 11.4 Å². The number of nitrogens with one attached hydrogen (secondary N) is 1. The van der Waals surface area contributed by atoms with Crippen molar-refractivity contribution in [2.24, 2.45) is 0 Å². The summed E-state index contributed by atoms with van der Waals surface area (Å²) in [6, 6.07) is 9.86. The molecule has 0 spiro atoms. The molecule has 0 aliphatic heterocycles. The molecule has 3 N–H and O–H groups in total. The molecule has 2 heterocycles. The molecule has 0 unspecified atom stereocenters. The summed E-state index contributed by atoms with van der Waals surface area (Å²) < 4.78 is 0. The summed E-state index contributed by atoms with van der Waals surface area (Å²) in [5, 5.41) is 0.366. The average Bonchev–Trinajstić information content (AvgIpc) is 2.54. The number of benzene rings is 1. The van der Waals surface area contributed by atoms with Crippen LogP contribution in [0.1, 0.15) is 33.8 Å². The molecule has 1 atom stereocenters. The lowest BCUT2D eigenvalue weighted by Crippen LogP contribution is -2.23. The van der Waals surface area contributed by atoms with Gasteiger partial charge in [0.05, 0.1) is 5.39 Å². The number of anilines is 1. The Balaban J connectivity index is 1.93. The number of fused-ring (bicyclic) bond motifs is 3. The van der Waals surface area contributed by atoms with Gasteiger partial charge in [-0.15, -0.1) is 0 Å². The van der Waals surface area contributed by atoms with Crippen LogP contribution < -0.4 is 11.3 Å². The molecule has 0 saturated heterocycles. The highest BCUT2D eigenvalue weighted by Crippen LogP contribution is 2.34. The number of rotatable bonds is 1. The fraction of sp³-hybridized carbons (Fsp3) is 0.176. The van der Waals surface area contributed by atoms with Crippen LogP contribution in [-0.4, -0.2) is 20.7 Å². The molecule has 6 heteroatoms. The largest absolute Gasteiger partial charge is 0.369 e. The zero-order chi connectivity index (χ0) is 16.0. The number of carbonyl (C=O) groups is 1. The van der Waals surface area contributed by atoms with Crippen molar-refractivity contribution in [3.63, 3.8) is 0 Å². The number of hydrogen-bond acceptors (Lipinski definition) is 5. The Kier molecular flexibility index (Phi) is 2.97. The molecule has 1 aliphatic rings.